The molecule has 0 radical (unpaired) electrons. The van der Waals surface area contributed by atoms with Gasteiger partial charge in [-0.25, -0.2) is 0 Å². The van der Waals surface area contributed by atoms with Crippen molar-refractivity contribution in [1.29, 1.82) is 0 Å². The molecule has 0 bridgehead atoms. The molecular weight excluding hydrogens is 334 g/mol. The number of benzene rings is 2. The van der Waals surface area contributed by atoms with Crippen molar-refractivity contribution in [3.05, 3.63) is 59.2 Å². The molecule has 2 heterocycles. The number of rotatable bonds is 3. The number of imide groups is 1. The number of nitrogens with one attached hydrogen (secondary N) is 2. The van der Waals surface area contributed by atoms with E-state index < -0.39 is 23.8 Å². The smallest absolute Gasteiger partial charge is 0.262 e. The number of amides is 4. The second kappa shape index (κ2) is 5.80. The number of nitrogens with zero attached hydrogens (tertiary/aromatic N) is 1. The lowest BCUT2D eigenvalue weighted by Crippen LogP contribution is -2.45. The van der Waals surface area contributed by atoms with Crippen molar-refractivity contribution in [2.75, 3.05) is 10.6 Å². The molecule has 26 heavy (non-hydrogen) atoms. The summed E-state index contributed by atoms with van der Waals surface area (Å²) in [7, 11) is 0. The maximum Gasteiger partial charge on any atom is 0.262 e. The molecule has 0 spiro atoms. The Morgan fingerprint density at radius 3 is 2.38 bits per heavy atom. The third-order valence-electron chi connectivity index (χ3n) is 4.59. The standard InChI is InChI=1S/C19H15N3O4/c1-10(22-18(25)13-4-2-3-5-14(13)19(22)26)17(24)20-12-7-6-11-8-16(23)21-15(11)9-12/h2-7,9-10H,8H2,1H3,(H,20,24)(H,21,23)/t10-/m1/s1. The van der Waals surface area contributed by atoms with Crippen LogP contribution in [0.1, 0.15) is 33.2 Å². The average molecular weight is 349 g/mol. The van der Waals surface area contributed by atoms with Crippen LogP contribution >= 0.6 is 0 Å². The van der Waals surface area contributed by atoms with Gasteiger partial charge >= 0.3 is 0 Å². The van der Waals surface area contributed by atoms with Crippen LogP contribution in [0, 0.1) is 0 Å². The molecule has 7 heteroatoms. The van der Waals surface area contributed by atoms with Gasteiger partial charge in [0.25, 0.3) is 11.8 Å². The summed E-state index contributed by atoms with van der Waals surface area (Å²) in [5.41, 5.74) is 2.61. The second-order valence-corrected chi connectivity index (χ2v) is 6.29. The van der Waals surface area contributed by atoms with Crippen molar-refractivity contribution in [2.45, 2.75) is 19.4 Å². The molecule has 2 aliphatic rings. The average Bonchev–Trinajstić information content (AvgIpc) is 3.11. The fourth-order valence-corrected chi connectivity index (χ4v) is 3.22. The zero-order valence-corrected chi connectivity index (χ0v) is 13.9. The second-order valence-electron chi connectivity index (χ2n) is 6.29. The van der Waals surface area contributed by atoms with Gasteiger partial charge in [-0.2, -0.15) is 0 Å². The highest BCUT2D eigenvalue weighted by atomic mass is 16.2. The molecule has 0 unspecified atom stereocenters. The largest absolute Gasteiger partial charge is 0.325 e. The predicted octanol–water partition coefficient (Wildman–Crippen LogP) is 1.80. The zero-order chi connectivity index (χ0) is 18.4. The van der Waals surface area contributed by atoms with Gasteiger partial charge in [0.1, 0.15) is 6.04 Å². The van der Waals surface area contributed by atoms with Gasteiger partial charge in [0.15, 0.2) is 0 Å². The molecule has 4 rings (SSSR count). The maximum atomic E-state index is 12.6. The molecule has 0 saturated heterocycles. The van der Waals surface area contributed by atoms with Gasteiger partial charge in [-0.05, 0) is 36.8 Å². The first-order chi connectivity index (χ1) is 12.5. The van der Waals surface area contributed by atoms with E-state index in [9.17, 15) is 19.2 Å². The molecule has 0 saturated carbocycles. The van der Waals surface area contributed by atoms with Gasteiger partial charge in [0.05, 0.1) is 17.5 Å². The highest BCUT2D eigenvalue weighted by Gasteiger charge is 2.40. The summed E-state index contributed by atoms with van der Waals surface area (Å²) in [6, 6.07) is 10.6. The first-order valence-corrected chi connectivity index (χ1v) is 8.16. The fraction of sp³-hybridized carbons (Fsp3) is 0.158. The molecule has 7 nitrogen and oxygen atoms in total. The van der Waals surface area contributed by atoms with E-state index in [1.54, 1.807) is 42.5 Å². The molecule has 130 valence electrons. The van der Waals surface area contributed by atoms with Gasteiger partial charge in [0.2, 0.25) is 11.8 Å². The normalized spacial score (nSPS) is 16.2. The minimum absolute atomic E-state index is 0.0946. The molecule has 2 aliphatic heterocycles. The molecule has 0 aromatic heterocycles. The molecular formula is C19H15N3O4. The van der Waals surface area contributed by atoms with Crippen molar-refractivity contribution in [2.24, 2.45) is 0 Å². The highest BCUT2D eigenvalue weighted by Crippen LogP contribution is 2.28. The third-order valence-corrected chi connectivity index (χ3v) is 4.59. The van der Waals surface area contributed by atoms with Crippen molar-refractivity contribution >= 4 is 35.0 Å². The predicted molar refractivity (Wildman–Crippen MR) is 93.8 cm³/mol. The summed E-state index contributed by atoms with van der Waals surface area (Å²) in [5, 5.41) is 5.41. The van der Waals surface area contributed by atoms with E-state index >= 15 is 0 Å². The van der Waals surface area contributed by atoms with Crippen LogP contribution in [-0.4, -0.2) is 34.6 Å². The number of carbonyl (C=O) groups is 4. The van der Waals surface area contributed by atoms with Gasteiger partial charge in [0, 0.05) is 11.4 Å². The number of fused-ring (bicyclic) bond motifs is 2. The molecule has 0 fully saturated rings. The van der Waals surface area contributed by atoms with Crippen LogP contribution in [0.3, 0.4) is 0 Å². The van der Waals surface area contributed by atoms with E-state index in [-0.39, 0.29) is 5.91 Å². The van der Waals surface area contributed by atoms with Crippen LogP contribution < -0.4 is 10.6 Å². The van der Waals surface area contributed by atoms with Gasteiger partial charge in [-0.15, -0.1) is 0 Å². The topological polar surface area (TPSA) is 95.6 Å². The summed E-state index contributed by atoms with van der Waals surface area (Å²) >= 11 is 0. The first-order valence-electron chi connectivity index (χ1n) is 8.16. The van der Waals surface area contributed by atoms with E-state index in [0.717, 1.165) is 10.5 Å². The minimum atomic E-state index is -0.967. The summed E-state index contributed by atoms with van der Waals surface area (Å²) < 4.78 is 0. The van der Waals surface area contributed by atoms with E-state index in [4.69, 9.17) is 0 Å². The molecule has 2 N–H and O–H groups in total. The number of hydrogen-bond donors (Lipinski definition) is 2. The van der Waals surface area contributed by atoms with Crippen molar-refractivity contribution in [3.63, 3.8) is 0 Å². The SMILES string of the molecule is C[C@H](C(=O)Nc1ccc2c(c1)NC(=O)C2)N1C(=O)c2ccccc2C1=O. The van der Waals surface area contributed by atoms with Crippen LogP contribution in [0.2, 0.25) is 0 Å². The van der Waals surface area contributed by atoms with E-state index in [0.29, 0.717) is 28.9 Å². The van der Waals surface area contributed by atoms with Gasteiger partial charge in [-0.3, -0.25) is 24.1 Å². The Kier molecular flexibility index (Phi) is 3.57. The monoisotopic (exact) mass is 349 g/mol. The Morgan fingerprint density at radius 1 is 1.08 bits per heavy atom. The quantitative estimate of drug-likeness (QED) is 0.826. The van der Waals surface area contributed by atoms with Crippen molar-refractivity contribution in [3.8, 4) is 0 Å². The molecule has 2 aromatic carbocycles. The number of hydrogen-bond acceptors (Lipinski definition) is 4. The maximum absolute atomic E-state index is 12.6. The van der Waals surface area contributed by atoms with Crippen LogP contribution in [0.4, 0.5) is 11.4 Å². The Morgan fingerprint density at radius 2 is 1.73 bits per heavy atom. The fourth-order valence-electron chi connectivity index (χ4n) is 3.22. The third kappa shape index (κ3) is 2.45. The zero-order valence-electron chi connectivity index (χ0n) is 13.9. The van der Waals surface area contributed by atoms with E-state index in [1.165, 1.54) is 6.92 Å². The summed E-state index contributed by atoms with van der Waals surface area (Å²) in [5.74, 6) is -1.53. The number of carbonyl (C=O) groups excluding carboxylic acids is 4. The minimum Gasteiger partial charge on any atom is -0.325 e. The molecule has 1 atom stereocenters. The van der Waals surface area contributed by atoms with Gasteiger partial charge < -0.3 is 10.6 Å². The lowest BCUT2D eigenvalue weighted by Gasteiger charge is -2.21. The highest BCUT2D eigenvalue weighted by molar-refractivity contribution is 6.23. The molecule has 2 aromatic rings. The lowest BCUT2D eigenvalue weighted by atomic mass is 10.1. The Hall–Kier alpha value is -3.48. The summed E-state index contributed by atoms with van der Waals surface area (Å²) in [6.45, 7) is 1.51. The Balaban J connectivity index is 1.53. The van der Waals surface area contributed by atoms with E-state index in [1.807, 2.05) is 0 Å². The number of anilines is 2. The van der Waals surface area contributed by atoms with Crippen molar-refractivity contribution < 1.29 is 19.2 Å². The van der Waals surface area contributed by atoms with Gasteiger partial charge in [-0.1, -0.05) is 18.2 Å². The summed E-state index contributed by atoms with van der Waals surface area (Å²) in [6.07, 6.45) is 0.314. The van der Waals surface area contributed by atoms with Crippen LogP contribution in [0.25, 0.3) is 0 Å². The van der Waals surface area contributed by atoms with Crippen LogP contribution in [0.15, 0.2) is 42.5 Å². The Bertz CT molecular complexity index is 947. The van der Waals surface area contributed by atoms with Crippen LogP contribution in [0.5, 0.6) is 0 Å². The molecule has 0 aliphatic carbocycles. The van der Waals surface area contributed by atoms with Crippen LogP contribution in [-0.2, 0) is 16.0 Å². The Labute approximate surface area is 149 Å². The van der Waals surface area contributed by atoms with E-state index in [2.05, 4.69) is 10.6 Å². The first kappa shape index (κ1) is 16.0. The summed E-state index contributed by atoms with van der Waals surface area (Å²) in [4.78, 5) is 49.9. The lowest BCUT2D eigenvalue weighted by molar-refractivity contribution is -0.119. The van der Waals surface area contributed by atoms with Crippen molar-refractivity contribution in [1.82, 2.24) is 4.90 Å². The molecule has 4 amide bonds.